The van der Waals surface area contributed by atoms with Crippen molar-refractivity contribution >= 4 is 19.8 Å². The van der Waals surface area contributed by atoms with E-state index in [4.69, 9.17) is 18.5 Å². The minimum atomic E-state index is -4.64. The number of phosphoric ester groups is 1. The third-order valence-corrected chi connectivity index (χ3v) is 9.67. The number of quaternary nitrogens is 1. The Bertz CT molecular complexity index is 1180. The molecule has 0 aliphatic carbocycles. The number of allylic oxidation sites excluding steroid dienone is 12. The fraction of sp³-hybridized carbons (Fsp3) is 0.696. The van der Waals surface area contributed by atoms with Crippen LogP contribution in [0, 0.1) is 0 Å². The van der Waals surface area contributed by atoms with Gasteiger partial charge in [-0.25, -0.2) is 0 Å². The van der Waals surface area contributed by atoms with Gasteiger partial charge in [-0.3, -0.25) is 14.2 Å². The summed E-state index contributed by atoms with van der Waals surface area (Å²) in [6.07, 6.45) is 46.4. The highest BCUT2D eigenvalue weighted by atomic mass is 31.2. The van der Waals surface area contributed by atoms with Crippen LogP contribution in [0.15, 0.2) is 72.9 Å². The summed E-state index contributed by atoms with van der Waals surface area (Å²) in [4.78, 5) is 37.5. The molecule has 10 heteroatoms. The number of phosphoric acid groups is 1. The van der Waals surface area contributed by atoms with Crippen molar-refractivity contribution < 1.29 is 42.1 Å². The molecular weight excluding hydrogens is 725 g/mol. The maximum atomic E-state index is 12.7. The molecule has 9 nitrogen and oxygen atoms in total. The molecule has 0 radical (unpaired) electrons. The lowest BCUT2D eigenvalue weighted by atomic mass is 10.1. The maximum Gasteiger partial charge on any atom is 0.306 e. The third kappa shape index (κ3) is 41.1. The number of nitrogens with zero attached hydrogens (tertiary/aromatic N) is 1. The minimum Gasteiger partial charge on any atom is -0.756 e. The number of unbranched alkanes of at least 4 members (excludes halogenated alkanes) is 12. The Morgan fingerprint density at radius 1 is 0.571 bits per heavy atom. The van der Waals surface area contributed by atoms with Crippen molar-refractivity contribution in [3.63, 3.8) is 0 Å². The van der Waals surface area contributed by atoms with E-state index in [9.17, 15) is 19.0 Å². The molecule has 0 aliphatic heterocycles. The van der Waals surface area contributed by atoms with E-state index in [1.54, 1.807) is 0 Å². The van der Waals surface area contributed by atoms with Crippen LogP contribution in [0.2, 0.25) is 0 Å². The van der Waals surface area contributed by atoms with Crippen LogP contribution in [0.5, 0.6) is 0 Å². The van der Waals surface area contributed by atoms with E-state index in [0.717, 1.165) is 89.9 Å². The Morgan fingerprint density at radius 2 is 1.02 bits per heavy atom. The second kappa shape index (κ2) is 38.0. The van der Waals surface area contributed by atoms with Crippen molar-refractivity contribution in [1.29, 1.82) is 0 Å². The van der Waals surface area contributed by atoms with Crippen LogP contribution in [0.3, 0.4) is 0 Å². The molecule has 56 heavy (non-hydrogen) atoms. The van der Waals surface area contributed by atoms with E-state index >= 15 is 0 Å². The molecule has 0 fully saturated rings. The number of hydrogen-bond acceptors (Lipinski definition) is 8. The van der Waals surface area contributed by atoms with Gasteiger partial charge in [0.05, 0.1) is 27.7 Å². The van der Waals surface area contributed by atoms with E-state index in [0.29, 0.717) is 23.9 Å². The first-order valence-electron chi connectivity index (χ1n) is 21.6. The summed E-state index contributed by atoms with van der Waals surface area (Å²) in [6.45, 7) is 4.02. The van der Waals surface area contributed by atoms with Gasteiger partial charge in [-0.15, -0.1) is 0 Å². The highest BCUT2D eigenvalue weighted by Crippen LogP contribution is 2.38. The van der Waals surface area contributed by atoms with Crippen LogP contribution >= 0.6 is 7.82 Å². The fourth-order valence-electron chi connectivity index (χ4n) is 5.32. The monoisotopic (exact) mass is 806 g/mol. The zero-order valence-electron chi connectivity index (χ0n) is 36.1. The normalized spacial score (nSPS) is 14.3. The van der Waals surface area contributed by atoms with Crippen molar-refractivity contribution in [2.45, 2.75) is 161 Å². The molecule has 322 valence electrons. The van der Waals surface area contributed by atoms with Crippen molar-refractivity contribution in [2.24, 2.45) is 0 Å². The smallest absolute Gasteiger partial charge is 0.306 e. The Hall–Kier alpha value is -2.55. The van der Waals surface area contributed by atoms with Gasteiger partial charge in [0.1, 0.15) is 19.8 Å². The summed E-state index contributed by atoms with van der Waals surface area (Å²) in [5, 5.41) is 0. The average Bonchev–Trinajstić information content (AvgIpc) is 3.15. The minimum absolute atomic E-state index is 0.0423. The SMILES string of the molecule is CC/C=C/C/C=C/C/C=C/CCCCCCCC(=O)OC[C@H](COP(=O)([O-])OCC[N+](C)(C)C)OC(=O)CCCCCC/C=C/C/C=C/C/C=C/CCCCC. The molecule has 0 aliphatic rings. The van der Waals surface area contributed by atoms with E-state index < -0.39 is 32.5 Å². The molecular formula is C46H80NO8P. The standard InChI is InChI=1S/C46H80NO8P/c1-6-8-10-12-14-16-18-20-22-23-25-27-29-31-33-35-37-39-46(49)55-44(43-54-56(50,51)53-41-40-47(3,4)5)42-52-45(48)38-36-34-32-30-28-26-24-21-19-17-15-13-11-9-7-2/h9,11,14-17,20-22,24-25,27,44H,6-8,10,12-13,18-19,23,26,28-43H2,1-5H3/b11-9+,16-14+,17-15+,22-20+,24-21+,27-25+/t44-/m1/s1. The van der Waals surface area contributed by atoms with Crippen LogP contribution in [0.4, 0.5) is 0 Å². The van der Waals surface area contributed by atoms with Crippen molar-refractivity contribution in [1.82, 2.24) is 0 Å². The zero-order chi connectivity index (χ0) is 41.4. The number of likely N-dealkylation sites (N-methyl/N-ethyl adjacent to an activating group) is 1. The number of carbonyl (C=O) groups excluding carboxylic acids is 2. The summed E-state index contributed by atoms with van der Waals surface area (Å²) in [5.74, 6) is -0.887. The predicted octanol–water partition coefficient (Wildman–Crippen LogP) is 11.6. The van der Waals surface area contributed by atoms with Crippen LogP contribution < -0.4 is 4.89 Å². The van der Waals surface area contributed by atoms with E-state index in [1.807, 2.05) is 21.1 Å². The number of ether oxygens (including phenoxy) is 2. The maximum absolute atomic E-state index is 12.7. The lowest BCUT2D eigenvalue weighted by molar-refractivity contribution is -0.870. The number of rotatable bonds is 38. The molecule has 0 N–H and O–H groups in total. The lowest BCUT2D eigenvalue weighted by Gasteiger charge is -2.28. The Morgan fingerprint density at radius 3 is 1.52 bits per heavy atom. The van der Waals surface area contributed by atoms with E-state index in [1.165, 1.54) is 25.7 Å². The second-order valence-electron chi connectivity index (χ2n) is 15.3. The molecule has 0 aromatic heterocycles. The summed E-state index contributed by atoms with van der Waals surface area (Å²) >= 11 is 0. The van der Waals surface area contributed by atoms with Gasteiger partial charge in [-0.05, 0) is 83.5 Å². The summed E-state index contributed by atoms with van der Waals surface area (Å²) < 4.78 is 33.8. The van der Waals surface area contributed by atoms with Gasteiger partial charge in [0, 0.05) is 12.8 Å². The van der Waals surface area contributed by atoms with Gasteiger partial charge in [-0.1, -0.05) is 132 Å². The highest BCUT2D eigenvalue weighted by Gasteiger charge is 2.21. The molecule has 0 saturated carbocycles. The Kier molecular flexibility index (Phi) is 36.3. The third-order valence-electron chi connectivity index (χ3n) is 8.71. The predicted molar refractivity (Wildman–Crippen MR) is 231 cm³/mol. The van der Waals surface area contributed by atoms with Crippen molar-refractivity contribution in [3.8, 4) is 0 Å². The molecule has 0 amide bonds. The Labute approximate surface area is 342 Å². The Balaban J connectivity index is 4.46. The number of carbonyl (C=O) groups is 2. The first kappa shape index (κ1) is 53.5. The highest BCUT2D eigenvalue weighted by molar-refractivity contribution is 7.45. The summed E-state index contributed by atoms with van der Waals surface area (Å²) in [5.41, 5.74) is 0. The first-order chi connectivity index (χ1) is 27.0. The molecule has 0 saturated heterocycles. The van der Waals surface area contributed by atoms with Gasteiger partial charge < -0.3 is 27.9 Å². The topological polar surface area (TPSA) is 111 Å². The molecule has 0 bridgehead atoms. The van der Waals surface area contributed by atoms with Gasteiger partial charge in [-0.2, -0.15) is 0 Å². The van der Waals surface area contributed by atoms with Crippen LogP contribution in [0.1, 0.15) is 155 Å². The molecule has 0 rings (SSSR count). The van der Waals surface area contributed by atoms with Crippen molar-refractivity contribution in [3.05, 3.63) is 72.9 Å². The molecule has 0 aromatic carbocycles. The molecule has 2 atom stereocenters. The number of hydrogen-bond donors (Lipinski definition) is 0. The van der Waals surface area contributed by atoms with Gasteiger partial charge in [0.15, 0.2) is 6.10 Å². The first-order valence-corrected chi connectivity index (χ1v) is 23.1. The van der Waals surface area contributed by atoms with Crippen LogP contribution in [-0.2, 0) is 32.7 Å². The van der Waals surface area contributed by atoms with Crippen LogP contribution in [-0.4, -0.2) is 70.0 Å². The molecule has 0 heterocycles. The molecule has 0 spiro atoms. The summed E-state index contributed by atoms with van der Waals surface area (Å²) in [6, 6.07) is 0. The van der Waals surface area contributed by atoms with Crippen molar-refractivity contribution in [2.75, 3.05) is 47.5 Å². The van der Waals surface area contributed by atoms with E-state index in [-0.39, 0.29) is 26.1 Å². The quantitative estimate of drug-likeness (QED) is 0.0199. The van der Waals surface area contributed by atoms with E-state index in [2.05, 4.69) is 86.8 Å². The number of esters is 2. The fourth-order valence-corrected chi connectivity index (χ4v) is 6.05. The van der Waals surface area contributed by atoms with Gasteiger partial charge in [0.25, 0.3) is 7.82 Å². The zero-order valence-corrected chi connectivity index (χ0v) is 36.9. The second-order valence-corrected chi connectivity index (χ2v) is 16.7. The van der Waals surface area contributed by atoms with Gasteiger partial charge >= 0.3 is 11.9 Å². The average molecular weight is 806 g/mol. The summed E-state index contributed by atoms with van der Waals surface area (Å²) in [7, 11) is 1.13. The lowest BCUT2D eigenvalue weighted by Crippen LogP contribution is -2.37. The van der Waals surface area contributed by atoms with Gasteiger partial charge in [0.2, 0.25) is 0 Å². The molecule has 1 unspecified atom stereocenters. The largest absolute Gasteiger partial charge is 0.756 e. The van der Waals surface area contributed by atoms with Crippen LogP contribution in [0.25, 0.3) is 0 Å². The molecule has 0 aromatic rings.